The summed E-state index contributed by atoms with van der Waals surface area (Å²) in [5.41, 5.74) is 1.08. The van der Waals surface area contributed by atoms with Crippen LogP contribution in [0.15, 0.2) is 24.3 Å². The summed E-state index contributed by atoms with van der Waals surface area (Å²) >= 11 is 3.29. The van der Waals surface area contributed by atoms with Crippen LogP contribution in [0.5, 0.6) is 0 Å². The number of alkyl halides is 1. The van der Waals surface area contributed by atoms with Crippen molar-refractivity contribution in [2.75, 3.05) is 6.61 Å². The third-order valence-corrected chi connectivity index (χ3v) is 3.21. The van der Waals surface area contributed by atoms with Crippen LogP contribution in [0.4, 0.5) is 4.39 Å². The molecule has 0 spiro atoms. The van der Waals surface area contributed by atoms with Crippen molar-refractivity contribution in [3.63, 3.8) is 0 Å². The summed E-state index contributed by atoms with van der Waals surface area (Å²) in [7, 11) is 0. The molecule has 94 valence electrons. The Kier molecular flexibility index (Phi) is 6.19. The average Bonchev–Trinajstić information content (AvgIpc) is 2.32. The molecule has 0 aliphatic rings. The van der Waals surface area contributed by atoms with Crippen LogP contribution in [-0.4, -0.2) is 17.4 Å². The van der Waals surface area contributed by atoms with E-state index >= 15 is 0 Å². The highest BCUT2D eigenvalue weighted by Gasteiger charge is 2.14. The predicted molar refractivity (Wildman–Crippen MR) is 68.7 cm³/mol. The molecule has 0 radical (unpaired) electrons. The Balaban J connectivity index is 2.27. The van der Waals surface area contributed by atoms with Crippen molar-refractivity contribution in [2.24, 2.45) is 0 Å². The molecular weight excluding hydrogens is 287 g/mol. The zero-order valence-corrected chi connectivity index (χ0v) is 11.4. The number of hydrogen-bond donors (Lipinski definition) is 0. The Hall–Kier alpha value is -0.900. The molecule has 1 unspecified atom stereocenters. The van der Waals surface area contributed by atoms with Crippen LogP contribution in [0.25, 0.3) is 0 Å². The molecule has 0 aliphatic heterocycles. The molecule has 4 heteroatoms. The highest BCUT2D eigenvalue weighted by molar-refractivity contribution is 9.10. The molecular formula is C13H16BrFO2. The number of rotatable bonds is 6. The van der Waals surface area contributed by atoms with Gasteiger partial charge in [0.1, 0.15) is 10.6 Å². The van der Waals surface area contributed by atoms with E-state index in [-0.39, 0.29) is 16.6 Å². The molecule has 0 fully saturated rings. The van der Waals surface area contributed by atoms with E-state index in [9.17, 15) is 9.18 Å². The van der Waals surface area contributed by atoms with Crippen molar-refractivity contribution in [2.45, 2.75) is 31.0 Å². The Morgan fingerprint density at radius 2 is 2.06 bits per heavy atom. The van der Waals surface area contributed by atoms with Crippen LogP contribution >= 0.6 is 15.9 Å². The topological polar surface area (TPSA) is 26.3 Å². The molecule has 0 aromatic heterocycles. The number of carbonyl (C=O) groups is 1. The van der Waals surface area contributed by atoms with Gasteiger partial charge in [-0.1, -0.05) is 28.1 Å². The van der Waals surface area contributed by atoms with Crippen LogP contribution in [0.2, 0.25) is 0 Å². The molecule has 0 saturated carbocycles. The van der Waals surface area contributed by atoms with E-state index in [1.165, 1.54) is 12.1 Å². The molecule has 0 aliphatic carbocycles. The van der Waals surface area contributed by atoms with E-state index < -0.39 is 0 Å². The van der Waals surface area contributed by atoms with Gasteiger partial charge < -0.3 is 4.74 Å². The molecule has 0 N–H and O–H groups in total. The number of halogens is 2. The Bertz CT molecular complexity index is 351. The number of esters is 1. The first-order chi connectivity index (χ1) is 8.13. The number of hydrogen-bond acceptors (Lipinski definition) is 2. The molecule has 1 rings (SSSR count). The van der Waals surface area contributed by atoms with Crippen LogP contribution < -0.4 is 0 Å². The van der Waals surface area contributed by atoms with Gasteiger partial charge >= 0.3 is 5.97 Å². The Morgan fingerprint density at radius 1 is 1.41 bits per heavy atom. The van der Waals surface area contributed by atoms with Crippen LogP contribution in [0, 0.1) is 5.82 Å². The largest absolute Gasteiger partial charge is 0.465 e. The number of carbonyl (C=O) groups excluding carboxylic acids is 1. The summed E-state index contributed by atoms with van der Waals surface area (Å²) in [5.74, 6) is -0.440. The molecule has 1 aromatic carbocycles. The van der Waals surface area contributed by atoms with Gasteiger partial charge in [-0.15, -0.1) is 0 Å². The van der Waals surface area contributed by atoms with Gasteiger partial charge in [-0.3, -0.25) is 4.79 Å². The maximum Gasteiger partial charge on any atom is 0.319 e. The molecule has 0 saturated heterocycles. The first-order valence-electron chi connectivity index (χ1n) is 5.68. The maximum atomic E-state index is 12.7. The van der Waals surface area contributed by atoms with E-state index in [1.54, 1.807) is 19.1 Å². The molecule has 1 atom stereocenters. The molecule has 0 amide bonds. The Labute approximate surface area is 109 Å². The van der Waals surface area contributed by atoms with E-state index in [1.807, 2.05) is 0 Å². The lowest BCUT2D eigenvalue weighted by Crippen LogP contribution is -2.17. The lowest BCUT2D eigenvalue weighted by Gasteiger charge is -2.08. The van der Waals surface area contributed by atoms with Gasteiger partial charge in [0.2, 0.25) is 0 Å². The zero-order valence-electron chi connectivity index (χ0n) is 9.79. The normalized spacial score (nSPS) is 12.2. The smallest absolute Gasteiger partial charge is 0.319 e. The molecule has 0 bridgehead atoms. The maximum absolute atomic E-state index is 12.7. The van der Waals surface area contributed by atoms with E-state index in [2.05, 4.69) is 15.9 Å². The molecule has 1 aromatic rings. The fourth-order valence-electron chi connectivity index (χ4n) is 1.49. The molecule has 17 heavy (non-hydrogen) atoms. The van der Waals surface area contributed by atoms with Gasteiger partial charge in [0.05, 0.1) is 6.61 Å². The minimum atomic E-state index is -0.247. The van der Waals surface area contributed by atoms with E-state index in [0.717, 1.165) is 24.8 Å². The summed E-state index contributed by atoms with van der Waals surface area (Å²) in [6, 6.07) is 6.43. The van der Waals surface area contributed by atoms with Crippen molar-refractivity contribution in [1.29, 1.82) is 0 Å². The van der Waals surface area contributed by atoms with Crippen molar-refractivity contribution < 1.29 is 13.9 Å². The van der Waals surface area contributed by atoms with Crippen molar-refractivity contribution in [3.8, 4) is 0 Å². The lowest BCUT2D eigenvalue weighted by atomic mass is 10.1. The van der Waals surface area contributed by atoms with Crippen LogP contribution in [0.1, 0.15) is 25.3 Å². The van der Waals surface area contributed by atoms with Crippen molar-refractivity contribution in [1.82, 2.24) is 0 Å². The standard InChI is InChI=1S/C13H16BrFO2/c1-2-17-13(16)12(14)5-3-4-10-6-8-11(15)9-7-10/h6-9,12H,2-5H2,1H3. The highest BCUT2D eigenvalue weighted by Crippen LogP contribution is 2.13. The second-order valence-electron chi connectivity index (χ2n) is 3.74. The summed E-state index contributed by atoms with van der Waals surface area (Å²) < 4.78 is 17.5. The summed E-state index contributed by atoms with van der Waals surface area (Å²) in [4.78, 5) is 11.1. The molecule has 2 nitrogen and oxygen atoms in total. The quantitative estimate of drug-likeness (QED) is 0.594. The van der Waals surface area contributed by atoms with Gasteiger partial charge in [0.25, 0.3) is 0 Å². The zero-order chi connectivity index (χ0) is 12.7. The SMILES string of the molecule is CCOC(=O)C(Br)CCCc1ccc(F)cc1. The second kappa shape index (κ2) is 7.43. The summed E-state index contributed by atoms with van der Waals surface area (Å²) in [5, 5.41) is 0. The average molecular weight is 303 g/mol. The monoisotopic (exact) mass is 302 g/mol. The predicted octanol–water partition coefficient (Wildman–Crippen LogP) is 3.48. The number of benzene rings is 1. The fourth-order valence-corrected chi connectivity index (χ4v) is 1.94. The van der Waals surface area contributed by atoms with E-state index in [4.69, 9.17) is 4.74 Å². The van der Waals surface area contributed by atoms with Gasteiger partial charge in [0, 0.05) is 0 Å². The number of ether oxygens (including phenoxy) is 1. The minimum absolute atomic E-state index is 0.216. The first-order valence-corrected chi connectivity index (χ1v) is 6.60. The van der Waals surface area contributed by atoms with Gasteiger partial charge in [0.15, 0.2) is 0 Å². The summed E-state index contributed by atoms with van der Waals surface area (Å²) in [6.45, 7) is 2.19. The highest BCUT2D eigenvalue weighted by atomic mass is 79.9. The van der Waals surface area contributed by atoms with Crippen LogP contribution in [0.3, 0.4) is 0 Å². The minimum Gasteiger partial charge on any atom is -0.465 e. The van der Waals surface area contributed by atoms with E-state index in [0.29, 0.717) is 6.61 Å². The number of aryl methyl sites for hydroxylation is 1. The lowest BCUT2D eigenvalue weighted by molar-refractivity contribution is -0.142. The van der Waals surface area contributed by atoms with Crippen molar-refractivity contribution in [3.05, 3.63) is 35.6 Å². The first kappa shape index (κ1) is 14.2. The fraction of sp³-hybridized carbons (Fsp3) is 0.462. The molecule has 0 heterocycles. The second-order valence-corrected chi connectivity index (χ2v) is 4.84. The van der Waals surface area contributed by atoms with Gasteiger partial charge in [-0.2, -0.15) is 0 Å². The van der Waals surface area contributed by atoms with Crippen LogP contribution in [-0.2, 0) is 16.0 Å². The van der Waals surface area contributed by atoms with Crippen molar-refractivity contribution >= 4 is 21.9 Å². The van der Waals surface area contributed by atoms with Gasteiger partial charge in [-0.05, 0) is 43.9 Å². The third-order valence-electron chi connectivity index (χ3n) is 2.38. The van der Waals surface area contributed by atoms with Gasteiger partial charge in [-0.25, -0.2) is 4.39 Å². The summed E-state index contributed by atoms with van der Waals surface area (Å²) in [6.07, 6.45) is 2.42. The third kappa shape index (κ3) is 5.31. The Morgan fingerprint density at radius 3 is 2.65 bits per heavy atom.